The lowest BCUT2D eigenvalue weighted by atomic mass is 9.89. The normalized spacial score (nSPS) is 28.6. The molecule has 0 amide bonds. The summed E-state index contributed by atoms with van der Waals surface area (Å²) in [6.07, 6.45) is 6.58. The summed E-state index contributed by atoms with van der Waals surface area (Å²) >= 11 is 0. The third kappa shape index (κ3) is 2.57. The van der Waals surface area contributed by atoms with Crippen LogP contribution in [0.25, 0.3) is 0 Å². The number of fused-ring (bicyclic) bond motifs is 2. The molecule has 0 aliphatic heterocycles. The van der Waals surface area contributed by atoms with E-state index in [1.165, 1.54) is 36.2 Å². The second kappa shape index (κ2) is 5.28. The number of hydrogen-bond acceptors (Lipinski definition) is 4. The van der Waals surface area contributed by atoms with Crippen molar-refractivity contribution in [3.05, 3.63) is 6.20 Å². The molecule has 3 unspecified atom stereocenters. The first-order valence-electron chi connectivity index (χ1n) is 7.71. The summed E-state index contributed by atoms with van der Waals surface area (Å²) in [5, 5.41) is 4.04. The number of sulfonamides is 1. The highest BCUT2D eigenvalue weighted by Gasteiger charge is 2.41. The minimum absolute atomic E-state index is 0.0941. The summed E-state index contributed by atoms with van der Waals surface area (Å²) in [7, 11) is -1.88. The average Bonchev–Trinajstić information content (AvgIpc) is 3.13. The minimum atomic E-state index is -3.54. The molecule has 6 nitrogen and oxygen atoms in total. The van der Waals surface area contributed by atoms with Gasteiger partial charge in [-0.05, 0) is 43.9 Å². The van der Waals surface area contributed by atoms with Gasteiger partial charge in [0.25, 0.3) is 0 Å². The number of nitrogen functional groups attached to an aromatic ring is 1. The number of hydrogen-bond donors (Lipinski definition) is 1. The van der Waals surface area contributed by atoms with Crippen molar-refractivity contribution >= 4 is 15.8 Å². The fourth-order valence-corrected chi connectivity index (χ4v) is 5.26. The number of aromatic nitrogens is 2. The summed E-state index contributed by atoms with van der Waals surface area (Å²) in [4.78, 5) is 0.134. The van der Waals surface area contributed by atoms with Gasteiger partial charge in [-0.15, -0.1) is 0 Å². The van der Waals surface area contributed by atoms with Crippen molar-refractivity contribution in [3.8, 4) is 0 Å². The maximum Gasteiger partial charge on any atom is 0.248 e. The first kappa shape index (κ1) is 14.8. The summed E-state index contributed by atoms with van der Waals surface area (Å²) in [5.41, 5.74) is 5.77. The Bertz CT molecular complexity index is 625. The van der Waals surface area contributed by atoms with Crippen molar-refractivity contribution in [2.45, 2.75) is 44.0 Å². The van der Waals surface area contributed by atoms with Crippen molar-refractivity contribution in [1.82, 2.24) is 14.1 Å². The van der Waals surface area contributed by atoms with Crippen LogP contribution in [0, 0.1) is 17.8 Å². The predicted octanol–water partition coefficient (Wildman–Crippen LogP) is 1.54. The molecule has 3 rings (SSSR count). The lowest BCUT2D eigenvalue weighted by Crippen LogP contribution is -2.34. The Morgan fingerprint density at radius 2 is 2.19 bits per heavy atom. The van der Waals surface area contributed by atoms with Gasteiger partial charge in [-0.25, -0.2) is 12.7 Å². The molecule has 3 atom stereocenters. The van der Waals surface area contributed by atoms with Crippen LogP contribution in [0.4, 0.5) is 5.82 Å². The van der Waals surface area contributed by atoms with E-state index in [0.29, 0.717) is 24.9 Å². The van der Waals surface area contributed by atoms with Gasteiger partial charge in [-0.2, -0.15) is 5.10 Å². The molecule has 118 valence electrons. The monoisotopic (exact) mass is 312 g/mol. The van der Waals surface area contributed by atoms with Crippen molar-refractivity contribution < 1.29 is 8.42 Å². The predicted molar refractivity (Wildman–Crippen MR) is 81.1 cm³/mol. The molecule has 2 aliphatic rings. The van der Waals surface area contributed by atoms with Crippen LogP contribution < -0.4 is 5.73 Å². The third-order valence-corrected chi connectivity index (χ3v) is 6.98. The van der Waals surface area contributed by atoms with Crippen molar-refractivity contribution in [3.63, 3.8) is 0 Å². The molecule has 2 fully saturated rings. The van der Waals surface area contributed by atoms with Gasteiger partial charge in [-0.3, -0.25) is 4.68 Å². The molecular formula is C14H24N4O2S. The molecular weight excluding hydrogens is 288 g/mol. The number of nitrogens with two attached hydrogens (primary N) is 1. The van der Waals surface area contributed by atoms with Gasteiger partial charge in [0.1, 0.15) is 4.90 Å². The lowest BCUT2D eigenvalue weighted by molar-refractivity contribution is 0.280. The summed E-state index contributed by atoms with van der Waals surface area (Å²) in [6.45, 7) is 3.11. The average molecular weight is 312 g/mol. The van der Waals surface area contributed by atoms with E-state index in [1.807, 2.05) is 6.92 Å². The van der Waals surface area contributed by atoms with Crippen LogP contribution in [0.3, 0.4) is 0 Å². The number of nitrogens with zero attached hydrogens (tertiary/aromatic N) is 3. The first-order valence-corrected chi connectivity index (χ1v) is 9.15. The Morgan fingerprint density at radius 1 is 1.43 bits per heavy atom. The van der Waals surface area contributed by atoms with E-state index in [2.05, 4.69) is 5.10 Å². The van der Waals surface area contributed by atoms with E-state index >= 15 is 0 Å². The second-order valence-electron chi connectivity index (χ2n) is 6.45. The van der Waals surface area contributed by atoms with Crippen LogP contribution in [0.15, 0.2) is 11.1 Å². The van der Waals surface area contributed by atoms with Crippen molar-refractivity contribution in [2.75, 3.05) is 19.3 Å². The molecule has 2 saturated carbocycles. The maximum absolute atomic E-state index is 12.7. The molecule has 0 radical (unpaired) electrons. The van der Waals surface area contributed by atoms with Gasteiger partial charge in [0.05, 0.1) is 0 Å². The molecule has 1 aromatic heterocycles. The zero-order chi connectivity index (χ0) is 15.2. The molecule has 2 aliphatic carbocycles. The first-order chi connectivity index (χ1) is 9.91. The van der Waals surface area contributed by atoms with Crippen LogP contribution in [0.5, 0.6) is 0 Å². The summed E-state index contributed by atoms with van der Waals surface area (Å²) < 4.78 is 28.4. The molecule has 0 spiro atoms. The van der Waals surface area contributed by atoms with E-state index in [4.69, 9.17) is 5.73 Å². The zero-order valence-corrected chi connectivity index (χ0v) is 13.5. The second-order valence-corrected chi connectivity index (χ2v) is 8.47. The highest BCUT2D eigenvalue weighted by molar-refractivity contribution is 7.89. The fourth-order valence-electron chi connectivity index (χ4n) is 3.98. The Labute approximate surface area is 126 Å². The van der Waals surface area contributed by atoms with E-state index in [0.717, 1.165) is 5.92 Å². The number of aryl methyl sites for hydroxylation is 1. The highest BCUT2D eigenvalue weighted by Crippen LogP contribution is 2.48. The Morgan fingerprint density at radius 3 is 2.71 bits per heavy atom. The molecule has 21 heavy (non-hydrogen) atoms. The van der Waals surface area contributed by atoms with Crippen LogP contribution >= 0.6 is 0 Å². The van der Waals surface area contributed by atoms with Gasteiger partial charge >= 0.3 is 0 Å². The van der Waals surface area contributed by atoms with Crippen LogP contribution in [-0.4, -0.2) is 36.1 Å². The summed E-state index contributed by atoms with van der Waals surface area (Å²) in [6, 6.07) is 0. The quantitative estimate of drug-likeness (QED) is 0.894. The van der Waals surface area contributed by atoms with Crippen LogP contribution in [-0.2, 0) is 16.6 Å². The standard InChI is InChI=1S/C14H24N4O2S/c1-3-18-9-13(14(15)16-18)21(19,20)17(2)8-12-7-10-4-5-11(12)6-10/h9-12H,3-8H2,1-2H3,(H2,15,16). The molecule has 2 N–H and O–H groups in total. The van der Waals surface area contributed by atoms with Crippen molar-refractivity contribution in [2.24, 2.45) is 17.8 Å². The van der Waals surface area contributed by atoms with Crippen molar-refractivity contribution in [1.29, 1.82) is 0 Å². The Balaban J connectivity index is 1.76. The minimum Gasteiger partial charge on any atom is -0.381 e. The SMILES string of the molecule is CCn1cc(S(=O)(=O)N(C)CC2CC3CCC2C3)c(N)n1. The van der Waals surface area contributed by atoms with Gasteiger partial charge < -0.3 is 5.73 Å². The maximum atomic E-state index is 12.7. The highest BCUT2D eigenvalue weighted by atomic mass is 32.2. The smallest absolute Gasteiger partial charge is 0.248 e. The molecule has 0 saturated heterocycles. The largest absolute Gasteiger partial charge is 0.381 e. The molecule has 1 heterocycles. The lowest BCUT2D eigenvalue weighted by Gasteiger charge is -2.26. The summed E-state index contributed by atoms with van der Waals surface area (Å²) in [5.74, 6) is 2.13. The van der Waals surface area contributed by atoms with Gasteiger partial charge in [0.15, 0.2) is 5.82 Å². The molecule has 1 aromatic rings. The van der Waals surface area contributed by atoms with Gasteiger partial charge in [-0.1, -0.05) is 6.42 Å². The number of anilines is 1. The molecule has 0 aromatic carbocycles. The Kier molecular flexibility index (Phi) is 3.73. The number of rotatable bonds is 5. The van der Waals surface area contributed by atoms with E-state index in [9.17, 15) is 8.42 Å². The fraction of sp³-hybridized carbons (Fsp3) is 0.786. The Hall–Kier alpha value is -1.08. The molecule has 2 bridgehead atoms. The van der Waals surface area contributed by atoms with E-state index in [1.54, 1.807) is 11.7 Å². The van der Waals surface area contributed by atoms with Gasteiger partial charge in [0.2, 0.25) is 10.0 Å². The zero-order valence-electron chi connectivity index (χ0n) is 12.7. The van der Waals surface area contributed by atoms with E-state index in [-0.39, 0.29) is 10.7 Å². The van der Waals surface area contributed by atoms with Crippen LogP contribution in [0.1, 0.15) is 32.6 Å². The molecule has 7 heteroatoms. The van der Waals surface area contributed by atoms with Crippen LogP contribution in [0.2, 0.25) is 0 Å². The third-order valence-electron chi connectivity index (χ3n) is 5.14. The topological polar surface area (TPSA) is 81.2 Å². The van der Waals surface area contributed by atoms with Gasteiger partial charge in [0, 0.05) is 26.3 Å². The van der Waals surface area contributed by atoms with E-state index < -0.39 is 10.0 Å².